The molecule has 0 radical (unpaired) electrons. The summed E-state index contributed by atoms with van der Waals surface area (Å²) in [5, 5.41) is 6.16. The molecule has 1 saturated heterocycles. The molecule has 1 aliphatic heterocycles. The van der Waals surface area contributed by atoms with E-state index in [0.29, 0.717) is 11.6 Å². The Hall–Kier alpha value is -1.63. The second-order valence-electron chi connectivity index (χ2n) is 6.95. The van der Waals surface area contributed by atoms with Gasteiger partial charge in [-0.15, -0.1) is 23.7 Å². The third kappa shape index (κ3) is 5.93. The zero-order valence-electron chi connectivity index (χ0n) is 16.6. The van der Waals surface area contributed by atoms with E-state index < -0.39 is 0 Å². The smallest absolute Gasteiger partial charge is 0.273 e. The molecule has 0 aliphatic carbocycles. The molecule has 1 fully saturated rings. The summed E-state index contributed by atoms with van der Waals surface area (Å²) in [5.74, 6) is 1.60. The molecule has 0 bridgehead atoms. The number of thiazole rings is 1. The predicted octanol–water partition coefficient (Wildman–Crippen LogP) is 4.48. The number of aromatic nitrogens is 1. The molecule has 0 spiro atoms. The van der Waals surface area contributed by atoms with Crippen molar-refractivity contribution in [3.8, 4) is 16.3 Å². The summed E-state index contributed by atoms with van der Waals surface area (Å²) in [6.07, 6.45) is 3.12. The van der Waals surface area contributed by atoms with E-state index in [1.165, 1.54) is 11.3 Å². The molecule has 2 heterocycles. The number of hydrogen-bond acceptors (Lipinski definition) is 5. The summed E-state index contributed by atoms with van der Waals surface area (Å²) in [7, 11) is 0. The highest BCUT2D eigenvalue weighted by molar-refractivity contribution is 7.13. The topological polar surface area (TPSA) is 54.5 Å². The third-order valence-corrected chi connectivity index (χ3v) is 5.77. The van der Waals surface area contributed by atoms with E-state index in [1.54, 1.807) is 0 Å². The van der Waals surface area contributed by atoms with E-state index in [2.05, 4.69) is 24.1 Å². The fourth-order valence-electron chi connectivity index (χ4n) is 3.27. The number of benzene rings is 1. The van der Waals surface area contributed by atoms with Gasteiger partial charge in [0.1, 0.15) is 16.5 Å². The summed E-state index contributed by atoms with van der Waals surface area (Å²) < 4.78 is 5.62. The number of rotatable bonds is 8. The van der Waals surface area contributed by atoms with Crippen LogP contribution in [0, 0.1) is 5.92 Å². The summed E-state index contributed by atoms with van der Waals surface area (Å²) in [6.45, 7) is 8.65. The zero-order valence-corrected chi connectivity index (χ0v) is 18.3. The van der Waals surface area contributed by atoms with Gasteiger partial charge < -0.3 is 15.0 Å². The summed E-state index contributed by atoms with van der Waals surface area (Å²) in [6, 6.07) is 7.93. The Kier molecular flexibility index (Phi) is 9.22. The van der Waals surface area contributed by atoms with Crippen LogP contribution in [-0.2, 0) is 0 Å². The minimum atomic E-state index is 0. The molecule has 28 heavy (non-hydrogen) atoms. The van der Waals surface area contributed by atoms with Crippen molar-refractivity contribution in [2.75, 3.05) is 32.8 Å². The number of carbonyl (C=O) groups excluding carboxylic acids is 1. The lowest BCUT2D eigenvalue weighted by molar-refractivity contribution is 0.0685. The molecule has 1 aromatic carbocycles. The van der Waals surface area contributed by atoms with Crippen LogP contribution in [0.5, 0.6) is 5.75 Å². The number of hydrogen-bond donors (Lipinski definition) is 1. The normalized spacial score (nSPS) is 14.6. The first-order valence-corrected chi connectivity index (χ1v) is 10.8. The van der Waals surface area contributed by atoms with Crippen molar-refractivity contribution in [2.45, 2.75) is 33.1 Å². The van der Waals surface area contributed by atoms with Gasteiger partial charge in [0.05, 0.1) is 6.61 Å². The lowest BCUT2D eigenvalue weighted by Gasteiger charge is -2.31. The van der Waals surface area contributed by atoms with Crippen molar-refractivity contribution >= 4 is 29.7 Å². The van der Waals surface area contributed by atoms with Crippen molar-refractivity contribution in [2.24, 2.45) is 5.92 Å². The van der Waals surface area contributed by atoms with Crippen LogP contribution in [0.3, 0.4) is 0 Å². The van der Waals surface area contributed by atoms with Gasteiger partial charge in [0.15, 0.2) is 0 Å². The Morgan fingerprint density at radius 2 is 1.96 bits per heavy atom. The molecular formula is C21H30ClN3O2S. The summed E-state index contributed by atoms with van der Waals surface area (Å²) in [5.41, 5.74) is 1.58. The molecule has 1 N–H and O–H groups in total. The maximum atomic E-state index is 12.8. The van der Waals surface area contributed by atoms with E-state index in [4.69, 9.17) is 4.74 Å². The van der Waals surface area contributed by atoms with Crippen LogP contribution in [0.4, 0.5) is 0 Å². The number of nitrogens with zero attached hydrogens (tertiary/aromatic N) is 2. The number of piperidine rings is 1. The molecule has 5 nitrogen and oxygen atoms in total. The van der Waals surface area contributed by atoms with Gasteiger partial charge in [0.25, 0.3) is 5.91 Å². The first kappa shape index (κ1) is 22.7. The third-order valence-electron chi connectivity index (χ3n) is 4.88. The van der Waals surface area contributed by atoms with Gasteiger partial charge in [-0.05, 0) is 62.5 Å². The van der Waals surface area contributed by atoms with E-state index in [1.807, 2.05) is 34.5 Å². The Bertz CT molecular complexity index is 728. The molecule has 0 saturated carbocycles. The van der Waals surface area contributed by atoms with E-state index in [-0.39, 0.29) is 18.3 Å². The Balaban J connectivity index is 0.00000280. The second kappa shape index (κ2) is 11.4. The lowest BCUT2D eigenvalue weighted by atomic mass is 9.96. The number of likely N-dealkylation sites (tertiary alicyclic amines) is 1. The van der Waals surface area contributed by atoms with Crippen LogP contribution in [0.25, 0.3) is 10.6 Å². The van der Waals surface area contributed by atoms with Crippen molar-refractivity contribution in [3.63, 3.8) is 0 Å². The molecule has 0 unspecified atom stereocenters. The van der Waals surface area contributed by atoms with E-state index >= 15 is 0 Å². The predicted molar refractivity (Wildman–Crippen MR) is 118 cm³/mol. The van der Waals surface area contributed by atoms with Gasteiger partial charge in [-0.3, -0.25) is 4.79 Å². The van der Waals surface area contributed by atoms with Crippen LogP contribution in [0.2, 0.25) is 0 Å². The fraction of sp³-hybridized carbons (Fsp3) is 0.524. The minimum absolute atomic E-state index is 0. The number of halogens is 1. The monoisotopic (exact) mass is 423 g/mol. The lowest BCUT2D eigenvalue weighted by Crippen LogP contribution is -2.40. The first-order chi connectivity index (χ1) is 13.2. The fourth-order valence-corrected chi connectivity index (χ4v) is 4.07. The van der Waals surface area contributed by atoms with Crippen molar-refractivity contribution in [1.82, 2.24) is 15.2 Å². The molecule has 0 atom stereocenters. The molecule has 154 valence electrons. The van der Waals surface area contributed by atoms with Gasteiger partial charge in [0.2, 0.25) is 0 Å². The van der Waals surface area contributed by atoms with Crippen molar-refractivity contribution in [3.05, 3.63) is 35.3 Å². The highest BCUT2D eigenvalue weighted by Crippen LogP contribution is 2.27. The zero-order chi connectivity index (χ0) is 19.1. The maximum Gasteiger partial charge on any atom is 0.273 e. The van der Waals surface area contributed by atoms with E-state index in [9.17, 15) is 4.79 Å². The Labute approximate surface area is 177 Å². The van der Waals surface area contributed by atoms with Gasteiger partial charge >= 0.3 is 0 Å². The van der Waals surface area contributed by atoms with Crippen LogP contribution in [0.1, 0.15) is 43.6 Å². The van der Waals surface area contributed by atoms with Crippen molar-refractivity contribution < 1.29 is 9.53 Å². The highest BCUT2D eigenvalue weighted by atomic mass is 35.5. The van der Waals surface area contributed by atoms with Crippen LogP contribution in [-0.4, -0.2) is 48.6 Å². The maximum absolute atomic E-state index is 12.8. The SMILES string of the molecule is CCCOc1ccc(-c2nc(C(=O)N3CCC(CNCC)CC3)cs2)cc1.Cl. The average molecular weight is 424 g/mol. The summed E-state index contributed by atoms with van der Waals surface area (Å²) >= 11 is 1.52. The highest BCUT2D eigenvalue weighted by Gasteiger charge is 2.25. The number of ether oxygens (including phenoxy) is 1. The van der Waals surface area contributed by atoms with Gasteiger partial charge in [-0.2, -0.15) is 0 Å². The Morgan fingerprint density at radius 1 is 1.25 bits per heavy atom. The standard InChI is InChI=1S/C21H29N3O2S.ClH/c1-3-13-26-18-7-5-17(6-8-18)20-23-19(15-27-20)21(25)24-11-9-16(10-12-24)14-22-4-2;/h5-8,15-16,22H,3-4,9-14H2,1-2H3;1H. The molecule has 1 amide bonds. The molecule has 3 rings (SSSR count). The van der Waals surface area contributed by atoms with Gasteiger partial charge in [0, 0.05) is 24.0 Å². The quantitative estimate of drug-likeness (QED) is 0.679. The van der Waals surface area contributed by atoms with E-state index in [0.717, 1.165) is 68.4 Å². The van der Waals surface area contributed by atoms with Gasteiger partial charge in [-0.1, -0.05) is 13.8 Å². The van der Waals surface area contributed by atoms with Gasteiger partial charge in [-0.25, -0.2) is 4.98 Å². The Morgan fingerprint density at radius 3 is 2.61 bits per heavy atom. The molecular weight excluding hydrogens is 394 g/mol. The molecule has 1 aliphatic rings. The van der Waals surface area contributed by atoms with Crippen LogP contribution in [0.15, 0.2) is 29.6 Å². The summed E-state index contributed by atoms with van der Waals surface area (Å²) in [4.78, 5) is 19.3. The first-order valence-electron chi connectivity index (χ1n) is 9.90. The average Bonchev–Trinajstić information content (AvgIpc) is 3.21. The molecule has 2 aromatic rings. The number of carbonyl (C=O) groups is 1. The second-order valence-corrected chi connectivity index (χ2v) is 7.81. The largest absolute Gasteiger partial charge is 0.494 e. The molecule has 7 heteroatoms. The van der Waals surface area contributed by atoms with Crippen molar-refractivity contribution in [1.29, 1.82) is 0 Å². The number of nitrogens with one attached hydrogen (secondary N) is 1. The number of amides is 1. The van der Waals surface area contributed by atoms with Crippen LogP contribution < -0.4 is 10.1 Å². The van der Waals surface area contributed by atoms with Crippen LogP contribution >= 0.6 is 23.7 Å². The molecule has 1 aromatic heterocycles. The minimum Gasteiger partial charge on any atom is -0.494 e.